The van der Waals surface area contributed by atoms with Crippen molar-refractivity contribution in [3.63, 3.8) is 0 Å². The molecule has 0 amide bonds. The number of ether oxygens (including phenoxy) is 2. The second-order valence-electron chi connectivity index (χ2n) is 10.1. The van der Waals surface area contributed by atoms with Crippen LogP contribution in [0.3, 0.4) is 0 Å². The van der Waals surface area contributed by atoms with E-state index in [-0.39, 0.29) is 0 Å². The Balaban J connectivity index is 2.20. The van der Waals surface area contributed by atoms with Gasteiger partial charge in [0.15, 0.2) is 0 Å². The van der Waals surface area contributed by atoms with Crippen LogP contribution in [0, 0.1) is 0 Å². The van der Waals surface area contributed by atoms with Gasteiger partial charge < -0.3 is 9.47 Å². The molecule has 0 radical (unpaired) electrons. The smallest absolute Gasteiger partial charge is 0.394 e. The molecule has 36 heavy (non-hydrogen) atoms. The predicted molar refractivity (Wildman–Crippen MR) is 152 cm³/mol. The molecule has 2 aromatic rings. The average molecular weight is 495 g/mol. The van der Waals surface area contributed by atoms with E-state index in [0.29, 0.717) is 11.5 Å². The second-order valence-corrected chi connectivity index (χ2v) is 10.1. The summed E-state index contributed by atoms with van der Waals surface area (Å²) in [6.45, 7) is 8.88. The van der Waals surface area contributed by atoms with Crippen molar-refractivity contribution >= 4 is 6.16 Å². The maximum atomic E-state index is 13.0. The Morgan fingerprint density at radius 3 is 1.44 bits per heavy atom. The minimum absolute atomic E-state index is 0.627. The van der Waals surface area contributed by atoms with Crippen molar-refractivity contribution in [3.8, 4) is 11.5 Å². The van der Waals surface area contributed by atoms with Crippen molar-refractivity contribution < 1.29 is 14.3 Å². The maximum Gasteiger partial charge on any atom is 0.519 e. The average Bonchev–Trinajstić information content (AvgIpc) is 2.88. The fraction of sp³-hybridized carbons (Fsp3) is 0.606. The molecule has 0 aliphatic carbocycles. The fourth-order valence-electron chi connectivity index (χ4n) is 4.84. The van der Waals surface area contributed by atoms with Crippen LogP contribution in [0.1, 0.15) is 127 Å². The van der Waals surface area contributed by atoms with E-state index in [4.69, 9.17) is 9.47 Å². The number of carbonyl (C=O) groups excluding carboxylic acids is 1. The largest absolute Gasteiger partial charge is 0.519 e. The molecule has 0 unspecified atom stereocenters. The highest BCUT2D eigenvalue weighted by molar-refractivity contribution is 5.69. The van der Waals surface area contributed by atoms with E-state index in [0.717, 1.165) is 63.4 Å². The van der Waals surface area contributed by atoms with Crippen LogP contribution in [0.4, 0.5) is 4.79 Å². The number of hydrogen-bond acceptors (Lipinski definition) is 3. The summed E-state index contributed by atoms with van der Waals surface area (Å²) in [7, 11) is 0. The molecule has 0 spiro atoms. The van der Waals surface area contributed by atoms with E-state index in [1.54, 1.807) is 0 Å². The van der Waals surface area contributed by atoms with Gasteiger partial charge in [0.25, 0.3) is 0 Å². The normalized spacial score (nSPS) is 11.0. The highest BCUT2D eigenvalue weighted by Gasteiger charge is 2.17. The Morgan fingerprint density at radius 2 is 0.944 bits per heavy atom. The molecule has 200 valence electrons. The van der Waals surface area contributed by atoms with Gasteiger partial charge in [0, 0.05) is 0 Å². The Bertz CT molecular complexity index is 886. The van der Waals surface area contributed by atoms with Crippen LogP contribution >= 0.6 is 0 Å². The predicted octanol–water partition coefficient (Wildman–Crippen LogP) is 10.2. The van der Waals surface area contributed by atoms with Crippen LogP contribution in [0.25, 0.3) is 0 Å². The first-order valence-corrected chi connectivity index (χ1v) is 14.8. The van der Waals surface area contributed by atoms with Gasteiger partial charge in [-0.25, -0.2) is 4.79 Å². The van der Waals surface area contributed by atoms with Crippen LogP contribution in [0.5, 0.6) is 11.5 Å². The van der Waals surface area contributed by atoms with Crippen molar-refractivity contribution in [3.05, 3.63) is 58.7 Å². The highest BCUT2D eigenvalue weighted by atomic mass is 16.7. The number of carbonyl (C=O) groups is 1. The van der Waals surface area contributed by atoms with Gasteiger partial charge in [0.05, 0.1) is 0 Å². The number of unbranched alkanes of at least 4 members (excludes halogenated alkanes) is 8. The number of benzene rings is 2. The summed E-state index contributed by atoms with van der Waals surface area (Å²) in [4.78, 5) is 13.0. The molecule has 0 saturated carbocycles. The van der Waals surface area contributed by atoms with Gasteiger partial charge in [-0.15, -0.1) is 0 Å². The molecule has 0 N–H and O–H groups in total. The van der Waals surface area contributed by atoms with Gasteiger partial charge in [-0.2, -0.15) is 0 Å². The van der Waals surface area contributed by atoms with Gasteiger partial charge in [0.2, 0.25) is 0 Å². The van der Waals surface area contributed by atoms with Crippen LogP contribution in [0.2, 0.25) is 0 Å². The van der Waals surface area contributed by atoms with Crippen LogP contribution in [0.15, 0.2) is 36.4 Å². The quantitative estimate of drug-likeness (QED) is 0.117. The first-order chi connectivity index (χ1) is 17.6. The molecule has 3 nitrogen and oxygen atoms in total. The van der Waals surface area contributed by atoms with Crippen LogP contribution in [-0.4, -0.2) is 6.16 Å². The molecule has 0 aromatic heterocycles. The summed E-state index contributed by atoms with van der Waals surface area (Å²) in [6.07, 6.45) is 17.5. The summed E-state index contributed by atoms with van der Waals surface area (Å²) < 4.78 is 11.8. The summed E-state index contributed by atoms with van der Waals surface area (Å²) >= 11 is 0. The molecule has 0 atom stereocenters. The zero-order valence-electron chi connectivity index (χ0n) is 23.5. The molecule has 2 rings (SSSR count). The first kappa shape index (κ1) is 29.9. The van der Waals surface area contributed by atoms with Crippen molar-refractivity contribution in [2.45, 2.75) is 130 Å². The zero-order valence-corrected chi connectivity index (χ0v) is 23.5. The molecule has 0 bridgehead atoms. The molecule has 2 aromatic carbocycles. The SMILES string of the molecule is CCCCCCc1cccc(OC(=O)Oc2cccc(CCCC)c2CCCC)c1CCCCCC. The summed E-state index contributed by atoms with van der Waals surface area (Å²) in [5.74, 6) is 1.32. The van der Waals surface area contributed by atoms with E-state index in [1.807, 2.05) is 24.3 Å². The topological polar surface area (TPSA) is 35.5 Å². The van der Waals surface area contributed by atoms with Crippen molar-refractivity contribution in [1.29, 1.82) is 0 Å². The Morgan fingerprint density at radius 1 is 0.528 bits per heavy atom. The minimum Gasteiger partial charge on any atom is -0.394 e. The molecular formula is C33H50O3. The molecule has 0 heterocycles. The Hall–Kier alpha value is -2.29. The minimum atomic E-state index is -0.627. The van der Waals surface area contributed by atoms with E-state index in [2.05, 4.69) is 39.8 Å². The summed E-state index contributed by atoms with van der Waals surface area (Å²) in [6, 6.07) is 12.2. The maximum absolute atomic E-state index is 13.0. The van der Waals surface area contributed by atoms with Gasteiger partial charge in [0.1, 0.15) is 11.5 Å². The van der Waals surface area contributed by atoms with Gasteiger partial charge in [-0.3, -0.25) is 0 Å². The lowest BCUT2D eigenvalue weighted by molar-refractivity contribution is 0.151. The molecule has 0 aliphatic heterocycles. The molecular weight excluding hydrogens is 444 g/mol. The molecule has 0 saturated heterocycles. The van der Waals surface area contributed by atoms with E-state index in [1.165, 1.54) is 61.6 Å². The zero-order chi connectivity index (χ0) is 26.0. The number of rotatable bonds is 18. The van der Waals surface area contributed by atoms with Gasteiger partial charge in [-0.05, 0) is 85.8 Å². The third-order valence-corrected chi connectivity index (χ3v) is 7.01. The lowest BCUT2D eigenvalue weighted by Crippen LogP contribution is -2.17. The van der Waals surface area contributed by atoms with Gasteiger partial charge in [-0.1, -0.05) is 103 Å². The van der Waals surface area contributed by atoms with Crippen molar-refractivity contribution in [1.82, 2.24) is 0 Å². The Labute approximate surface area is 221 Å². The molecule has 0 fully saturated rings. The second kappa shape index (κ2) is 18.0. The lowest BCUT2D eigenvalue weighted by atomic mass is 9.96. The molecule has 0 aliphatic rings. The van der Waals surface area contributed by atoms with E-state index >= 15 is 0 Å². The summed E-state index contributed by atoms with van der Waals surface area (Å²) in [5.41, 5.74) is 4.96. The standard InChI is InChI=1S/C33H50O3/c1-5-9-13-15-20-28-22-18-26-32(30(28)24-16-14-10-6-2)36-33(34)35-31-25-17-21-27(19-11-7-3)29(31)23-12-8-4/h17-18,21-22,25-26H,5-16,19-20,23-24H2,1-4H3. The van der Waals surface area contributed by atoms with Crippen LogP contribution < -0.4 is 9.47 Å². The number of aryl methyl sites for hydroxylation is 2. The van der Waals surface area contributed by atoms with E-state index in [9.17, 15) is 4.79 Å². The highest BCUT2D eigenvalue weighted by Crippen LogP contribution is 2.29. The third kappa shape index (κ3) is 10.4. The van der Waals surface area contributed by atoms with Gasteiger partial charge >= 0.3 is 6.16 Å². The van der Waals surface area contributed by atoms with Crippen molar-refractivity contribution in [2.75, 3.05) is 0 Å². The lowest BCUT2D eigenvalue weighted by Gasteiger charge is -2.17. The van der Waals surface area contributed by atoms with Crippen LogP contribution in [-0.2, 0) is 25.7 Å². The molecule has 3 heteroatoms. The number of hydrogen-bond donors (Lipinski definition) is 0. The third-order valence-electron chi connectivity index (χ3n) is 7.01. The monoisotopic (exact) mass is 494 g/mol. The first-order valence-electron chi connectivity index (χ1n) is 14.8. The van der Waals surface area contributed by atoms with E-state index < -0.39 is 6.16 Å². The summed E-state index contributed by atoms with van der Waals surface area (Å²) in [5, 5.41) is 0. The van der Waals surface area contributed by atoms with Crippen molar-refractivity contribution in [2.24, 2.45) is 0 Å². The Kier molecular flexibility index (Phi) is 15.0. The fourth-order valence-corrected chi connectivity index (χ4v) is 4.84.